The van der Waals surface area contributed by atoms with Gasteiger partial charge in [-0.15, -0.1) is 0 Å². The van der Waals surface area contributed by atoms with Crippen molar-refractivity contribution in [1.82, 2.24) is 15.0 Å². The molecule has 0 saturated heterocycles. The van der Waals surface area contributed by atoms with Gasteiger partial charge in [0.05, 0.1) is 0 Å². The molecule has 0 radical (unpaired) electrons. The van der Waals surface area contributed by atoms with Crippen LogP contribution in [0.1, 0.15) is 41.5 Å². The zero-order valence-electron chi connectivity index (χ0n) is 13.4. The van der Waals surface area contributed by atoms with Crippen molar-refractivity contribution in [2.45, 2.75) is 47.6 Å². The molecule has 0 spiro atoms. The maximum atomic E-state index is 5.44. The van der Waals surface area contributed by atoms with E-state index in [0.717, 1.165) is 13.1 Å². The van der Waals surface area contributed by atoms with Gasteiger partial charge < -0.3 is 10.2 Å². The molecule has 1 unspecified atom stereocenters. The van der Waals surface area contributed by atoms with Gasteiger partial charge in [-0.25, -0.2) is 5.84 Å². The molecule has 0 fully saturated rings. The molecule has 0 aliphatic carbocycles. The highest BCUT2D eigenvalue weighted by atomic mass is 15.4. The number of hydrogen-bond acceptors (Lipinski definition) is 7. The number of rotatable bonds is 6. The van der Waals surface area contributed by atoms with E-state index in [4.69, 9.17) is 5.84 Å². The lowest BCUT2D eigenvalue weighted by atomic mass is 9.88. The third-order valence-electron chi connectivity index (χ3n) is 3.44. The van der Waals surface area contributed by atoms with Crippen molar-refractivity contribution in [2.24, 2.45) is 11.3 Å². The summed E-state index contributed by atoms with van der Waals surface area (Å²) in [5.41, 5.74) is 2.60. The van der Waals surface area contributed by atoms with E-state index in [-0.39, 0.29) is 11.5 Å². The number of nitrogens with two attached hydrogens (primary N) is 1. The predicted octanol–water partition coefficient (Wildman–Crippen LogP) is 1.85. The zero-order chi connectivity index (χ0) is 15.3. The topological polar surface area (TPSA) is 92.0 Å². The second-order valence-corrected chi connectivity index (χ2v) is 5.83. The monoisotopic (exact) mass is 281 g/mol. The van der Waals surface area contributed by atoms with Crippen molar-refractivity contribution >= 4 is 17.8 Å². The van der Waals surface area contributed by atoms with Crippen LogP contribution in [0.4, 0.5) is 17.8 Å². The van der Waals surface area contributed by atoms with Crippen molar-refractivity contribution in [3.8, 4) is 0 Å². The van der Waals surface area contributed by atoms with Crippen molar-refractivity contribution in [1.29, 1.82) is 0 Å². The summed E-state index contributed by atoms with van der Waals surface area (Å²) in [7, 11) is 0. The van der Waals surface area contributed by atoms with Gasteiger partial charge in [0.15, 0.2) is 0 Å². The Morgan fingerprint density at radius 3 is 2.10 bits per heavy atom. The summed E-state index contributed by atoms with van der Waals surface area (Å²) in [5.74, 6) is 6.97. The average molecular weight is 281 g/mol. The van der Waals surface area contributed by atoms with Crippen molar-refractivity contribution in [2.75, 3.05) is 28.7 Å². The van der Waals surface area contributed by atoms with Gasteiger partial charge in [-0.2, -0.15) is 15.0 Å². The van der Waals surface area contributed by atoms with Gasteiger partial charge >= 0.3 is 0 Å². The van der Waals surface area contributed by atoms with Crippen LogP contribution in [0.15, 0.2) is 0 Å². The molecular formula is C13H27N7. The molecule has 1 aromatic heterocycles. The minimum Gasteiger partial charge on any atom is -0.351 e. The normalized spacial score (nSPS) is 12.9. The van der Waals surface area contributed by atoms with Crippen LogP contribution in [0.25, 0.3) is 0 Å². The van der Waals surface area contributed by atoms with Crippen LogP contribution in [0.5, 0.6) is 0 Å². The summed E-state index contributed by atoms with van der Waals surface area (Å²) < 4.78 is 0. The number of aromatic nitrogens is 3. The van der Waals surface area contributed by atoms with Gasteiger partial charge in [0.2, 0.25) is 17.8 Å². The zero-order valence-corrected chi connectivity index (χ0v) is 13.4. The highest BCUT2D eigenvalue weighted by Crippen LogP contribution is 2.22. The molecule has 20 heavy (non-hydrogen) atoms. The molecule has 0 aromatic carbocycles. The van der Waals surface area contributed by atoms with Gasteiger partial charge in [-0.1, -0.05) is 20.8 Å². The van der Waals surface area contributed by atoms with E-state index in [2.05, 4.69) is 72.1 Å². The average Bonchev–Trinajstić information content (AvgIpc) is 2.38. The Hall–Kier alpha value is -1.63. The highest BCUT2D eigenvalue weighted by molar-refractivity contribution is 5.43. The molecule has 0 aliphatic heterocycles. The Bertz CT molecular complexity index is 423. The fraction of sp³-hybridized carbons (Fsp3) is 0.769. The Balaban J connectivity index is 3.04. The Morgan fingerprint density at radius 1 is 1.10 bits per heavy atom. The van der Waals surface area contributed by atoms with Gasteiger partial charge in [0.1, 0.15) is 0 Å². The smallest absolute Gasteiger partial charge is 0.243 e. The molecule has 0 saturated carbocycles. The maximum Gasteiger partial charge on any atom is 0.243 e. The van der Waals surface area contributed by atoms with Gasteiger partial charge in [-0.3, -0.25) is 5.43 Å². The summed E-state index contributed by atoms with van der Waals surface area (Å²) in [5, 5.41) is 3.32. The lowest BCUT2D eigenvalue weighted by Gasteiger charge is -2.28. The lowest BCUT2D eigenvalue weighted by molar-refractivity contribution is 0.358. The molecule has 1 atom stereocenters. The van der Waals surface area contributed by atoms with E-state index in [1.165, 1.54) is 0 Å². The van der Waals surface area contributed by atoms with E-state index in [0.29, 0.717) is 17.8 Å². The molecule has 7 heteroatoms. The summed E-state index contributed by atoms with van der Waals surface area (Å²) in [4.78, 5) is 15.1. The second kappa shape index (κ2) is 6.69. The van der Waals surface area contributed by atoms with Crippen LogP contribution in [-0.4, -0.2) is 34.1 Å². The van der Waals surface area contributed by atoms with E-state index < -0.39 is 0 Å². The molecule has 0 bridgehead atoms. The van der Waals surface area contributed by atoms with Crippen LogP contribution in [0.3, 0.4) is 0 Å². The first-order valence-corrected chi connectivity index (χ1v) is 7.06. The fourth-order valence-corrected chi connectivity index (χ4v) is 1.55. The predicted molar refractivity (Wildman–Crippen MR) is 83.7 cm³/mol. The number of hydrazine groups is 1. The lowest BCUT2D eigenvalue weighted by Crippen LogP contribution is -2.32. The SMILES string of the molecule is CCN(CC)c1nc(NN)nc(NC(C)C(C)(C)C)n1. The van der Waals surface area contributed by atoms with Crippen LogP contribution in [-0.2, 0) is 0 Å². The summed E-state index contributed by atoms with van der Waals surface area (Å²) in [6.07, 6.45) is 0. The van der Waals surface area contributed by atoms with E-state index in [1.807, 2.05) is 0 Å². The third-order valence-corrected chi connectivity index (χ3v) is 3.44. The maximum absolute atomic E-state index is 5.44. The van der Waals surface area contributed by atoms with Gasteiger partial charge in [0.25, 0.3) is 0 Å². The molecule has 0 aliphatic rings. The minimum absolute atomic E-state index is 0.109. The Labute approximate surface area is 121 Å². The molecule has 114 valence electrons. The molecule has 0 amide bonds. The van der Waals surface area contributed by atoms with E-state index in [9.17, 15) is 0 Å². The number of anilines is 3. The fourth-order valence-electron chi connectivity index (χ4n) is 1.55. The van der Waals surface area contributed by atoms with Crippen LogP contribution < -0.4 is 21.5 Å². The number of hydrogen-bond donors (Lipinski definition) is 3. The van der Waals surface area contributed by atoms with E-state index >= 15 is 0 Å². The second-order valence-electron chi connectivity index (χ2n) is 5.83. The number of nitrogens with one attached hydrogen (secondary N) is 2. The molecule has 7 nitrogen and oxygen atoms in total. The first-order chi connectivity index (χ1) is 9.31. The first-order valence-electron chi connectivity index (χ1n) is 7.06. The third kappa shape index (κ3) is 4.19. The standard InChI is InChI=1S/C13H27N7/c1-7-20(8-2)12-17-10(16-11(18-12)19-14)15-9(3)13(4,5)6/h9H,7-8,14H2,1-6H3,(H2,15,16,17,18,19). The molecular weight excluding hydrogens is 254 g/mol. The summed E-state index contributed by atoms with van der Waals surface area (Å²) in [6.45, 7) is 14.4. The minimum atomic E-state index is 0.109. The molecule has 1 aromatic rings. The quantitative estimate of drug-likeness (QED) is 0.541. The molecule has 4 N–H and O–H groups in total. The molecule has 1 heterocycles. The summed E-state index contributed by atoms with van der Waals surface area (Å²) in [6, 6.07) is 0.222. The number of nitrogens with zero attached hydrogens (tertiary/aromatic N) is 4. The van der Waals surface area contributed by atoms with Crippen LogP contribution >= 0.6 is 0 Å². The van der Waals surface area contributed by atoms with Gasteiger partial charge in [0, 0.05) is 19.1 Å². The van der Waals surface area contributed by atoms with Crippen molar-refractivity contribution in [3.63, 3.8) is 0 Å². The van der Waals surface area contributed by atoms with Crippen LogP contribution in [0, 0.1) is 5.41 Å². The Kier molecular flexibility index (Phi) is 5.50. The number of nitrogen functional groups attached to an aromatic ring is 1. The highest BCUT2D eigenvalue weighted by Gasteiger charge is 2.21. The van der Waals surface area contributed by atoms with E-state index in [1.54, 1.807) is 0 Å². The summed E-state index contributed by atoms with van der Waals surface area (Å²) >= 11 is 0. The van der Waals surface area contributed by atoms with Gasteiger partial charge in [-0.05, 0) is 26.2 Å². The Morgan fingerprint density at radius 2 is 1.65 bits per heavy atom. The van der Waals surface area contributed by atoms with Crippen LogP contribution in [0.2, 0.25) is 0 Å². The van der Waals surface area contributed by atoms with Crippen molar-refractivity contribution in [3.05, 3.63) is 0 Å². The molecule has 1 rings (SSSR count). The first kappa shape index (κ1) is 16.4. The van der Waals surface area contributed by atoms with Crippen molar-refractivity contribution < 1.29 is 0 Å². The largest absolute Gasteiger partial charge is 0.351 e.